The van der Waals surface area contributed by atoms with E-state index in [2.05, 4.69) is 0 Å². The van der Waals surface area contributed by atoms with E-state index in [1.54, 1.807) is 13.0 Å². The highest BCUT2D eigenvalue weighted by atomic mass is 35.5. The summed E-state index contributed by atoms with van der Waals surface area (Å²) >= 11 is 5.53. The monoisotopic (exact) mass is 172 g/mol. The standard InChI is InChI=1S/C9H10ClF/c1-7-6-8(4-5-10)2-3-9(7)11/h2-3,6H,4-5H2,1H3. The molecule has 0 radical (unpaired) electrons. The first-order valence-corrected chi connectivity index (χ1v) is 4.08. The molecule has 1 aromatic carbocycles. The Bertz CT molecular complexity index is 245. The van der Waals surface area contributed by atoms with Crippen LogP contribution in [0.4, 0.5) is 4.39 Å². The molecule has 0 unspecified atom stereocenters. The summed E-state index contributed by atoms with van der Waals surface area (Å²) in [5, 5.41) is 0. The Balaban J connectivity index is 2.86. The summed E-state index contributed by atoms with van der Waals surface area (Å²) in [5.74, 6) is 0.439. The summed E-state index contributed by atoms with van der Waals surface area (Å²) in [7, 11) is 0. The molecule has 0 aliphatic carbocycles. The molecular formula is C9H10ClF. The van der Waals surface area contributed by atoms with Crippen molar-refractivity contribution in [2.45, 2.75) is 13.3 Å². The molecule has 0 saturated carbocycles. The number of benzene rings is 1. The van der Waals surface area contributed by atoms with Crippen molar-refractivity contribution in [2.75, 3.05) is 5.88 Å². The van der Waals surface area contributed by atoms with E-state index in [1.165, 1.54) is 6.07 Å². The van der Waals surface area contributed by atoms with Crippen LogP contribution in [-0.2, 0) is 6.42 Å². The minimum atomic E-state index is -0.150. The van der Waals surface area contributed by atoms with Crippen LogP contribution in [0.25, 0.3) is 0 Å². The summed E-state index contributed by atoms with van der Waals surface area (Å²) in [5.41, 5.74) is 1.78. The maximum Gasteiger partial charge on any atom is 0.126 e. The summed E-state index contributed by atoms with van der Waals surface area (Å²) in [4.78, 5) is 0. The van der Waals surface area contributed by atoms with E-state index in [0.29, 0.717) is 11.4 Å². The summed E-state index contributed by atoms with van der Waals surface area (Å²) in [6.07, 6.45) is 0.808. The SMILES string of the molecule is Cc1cc(CCCl)ccc1F. The molecule has 0 atom stereocenters. The first-order chi connectivity index (χ1) is 5.24. The van der Waals surface area contributed by atoms with Gasteiger partial charge in [0.05, 0.1) is 0 Å². The van der Waals surface area contributed by atoms with E-state index in [1.807, 2.05) is 6.07 Å². The Morgan fingerprint density at radius 2 is 2.18 bits per heavy atom. The zero-order valence-corrected chi connectivity index (χ0v) is 7.16. The molecule has 0 spiro atoms. The molecule has 2 heteroatoms. The minimum absolute atomic E-state index is 0.150. The number of hydrogen-bond acceptors (Lipinski definition) is 0. The summed E-state index contributed by atoms with van der Waals surface area (Å²) < 4.78 is 12.7. The van der Waals surface area contributed by atoms with E-state index in [4.69, 9.17) is 11.6 Å². The van der Waals surface area contributed by atoms with Crippen LogP contribution in [0.3, 0.4) is 0 Å². The molecular weight excluding hydrogens is 163 g/mol. The Labute approximate surface area is 71.0 Å². The van der Waals surface area contributed by atoms with Crippen LogP contribution >= 0.6 is 11.6 Å². The first-order valence-electron chi connectivity index (χ1n) is 3.55. The number of halogens is 2. The number of alkyl halides is 1. The number of aryl methyl sites for hydroxylation is 2. The van der Waals surface area contributed by atoms with Crippen LogP contribution in [0.2, 0.25) is 0 Å². The van der Waals surface area contributed by atoms with Crippen LogP contribution in [0.15, 0.2) is 18.2 Å². The highest BCUT2D eigenvalue weighted by Gasteiger charge is 1.97. The van der Waals surface area contributed by atoms with Crippen LogP contribution in [0.1, 0.15) is 11.1 Å². The van der Waals surface area contributed by atoms with Gasteiger partial charge in [0.25, 0.3) is 0 Å². The van der Waals surface area contributed by atoms with Gasteiger partial charge < -0.3 is 0 Å². The Kier molecular flexibility index (Phi) is 2.89. The van der Waals surface area contributed by atoms with Crippen molar-refractivity contribution in [2.24, 2.45) is 0 Å². The molecule has 0 aromatic heterocycles. The lowest BCUT2D eigenvalue weighted by Crippen LogP contribution is -1.89. The Morgan fingerprint density at radius 3 is 2.73 bits per heavy atom. The van der Waals surface area contributed by atoms with Gasteiger partial charge in [0.1, 0.15) is 5.82 Å². The lowest BCUT2D eigenvalue weighted by Gasteiger charge is -1.99. The summed E-state index contributed by atoms with van der Waals surface area (Å²) in [6.45, 7) is 1.76. The van der Waals surface area contributed by atoms with Gasteiger partial charge in [0.15, 0.2) is 0 Å². The zero-order valence-electron chi connectivity index (χ0n) is 6.40. The highest BCUT2D eigenvalue weighted by molar-refractivity contribution is 6.17. The fraction of sp³-hybridized carbons (Fsp3) is 0.333. The number of hydrogen-bond donors (Lipinski definition) is 0. The molecule has 0 N–H and O–H groups in total. The van der Waals surface area contributed by atoms with Crippen molar-refractivity contribution in [3.63, 3.8) is 0 Å². The maximum atomic E-state index is 12.7. The molecule has 1 rings (SSSR count). The molecule has 0 bridgehead atoms. The third kappa shape index (κ3) is 2.19. The van der Waals surface area contributed by atoms with Gasteiger partial charge in [-0.3, -0.25) is 0 Å². The second-order valence-corrected chi connectivity index (χ2v) is 2.90. The van der Waals surface area contributed by atoms with E-state index in [9.17, 15) is 4.39 Å². The molecule has 0 heterocycles. The molecule has 60 valence electrons. The van der Waals surface area contributed by atoms with Crippen molar-refractivity contribution in [3.05, 3.63) is 35.1 Å². The smallest absolute Gasteiger partial charge is 0.126 e. The summed E-state index contributed by atoms with van der Waals surface area (Å²) in [6, 6.07) is 5.08. The Morgan fingerprint density at radius 1 is 1.45 bits per heavy atom. The normalized spacial score (nSPS) is 10.1. The third-order valence-electron chi connectivity index (χ3n) is 1.61. The largest absolute Gasteiger partial charge is 0.207 e. The van der Waals surface area contributed by atoms with E-state index in [-0.39, 0.29) is 5.82 Å². The number of rotatable bonds is 2. The molecule has 1 aromatic rings. The lowest BCUT2D eigenvalue weighted by atomic mass is 10.1. The molecule has 0 amide bonds. The maximum absolute atomic E-state index is 12.7. The van der Waals surface area contributed by atoms with Gasteiger partial charge in [-0.1, -0.05) is 12.1 Å². The predicted octanol–water partition coefficient (Wildman–Crippen LogP) is 2.92. The van der Waals surface area contributed by atoms with Gasteiger partial charge in [-0.15, -0.1) is 11.6 Å². The van der Waals surface area contributed by atoms with Crippen molar-refractivity contribution >= 4 is 11.6 Å². The van der Waals surface area contributed by atoms with Crippen molar-refractivity contribution < 1.29 is 4.39 Å². The van der Waals surface area contributed by atoms with Crippen molar-refractivity contribution in [3.8, 4) is 0 Å². The fourth-order valence-electron chi connectivity index (χ4n) is 0.971. The quantitative estimate of drug-likeness (QED) is 0.602. The average molecular weight is 173 g/mol. The minimum Gasteiger partial charge on any atom is -0.207 e. The van der Waals surface area contributed by atoms with Gasteiger partial charge >= 0.3 is 0 Å². The average Bonchev–Trinajstić information content (AvgIpc) is 1.98. The van der Waals surface area contributed by atoms with Gasteiger partial charge in [-0.2, -0.15) is 0 Å². The predicted molar refractivity (Wildman–Crippen MR) is 45.6 cm³/mol. The van der Waals surface area contributed by atoms with Gasteiger partial charge in [-0.05, 0) is 30.5 Å². The van der Waals surface area contributed by atoms with Crippen LogP contribution in [-0.4, -0.2) is 5.88 Å². The molecule has 0 aliphatic heterocycles. The van der Waals surface area contributed by atoms with Gasteiger partial charge in [0, 0.05) is 5.88 Å². The van der Waals surface area contributed by atoms with Crippen molar-refractivity contribution in [1.29, 1.82) is 0 Å². The topological polar surface area (TPSA) is 0 Å². The zero-order chi connectivity index (χ0) is 8.27. The van der Waals surface area contributed by atoms with E-state index in [0.717, 1.165) is 12.0 Å². The Hall–Kier alpha value is -0.560. The van der Waals surface area contributed by atoms with Crippen LogP contribution in [0.5, 0.6) is 0 Å². The van der Waals surface area contributed by atoms with Gasteiger partial charge in [0.2, 0.25) is 0 Å². The van der Waals surface area contributed by atoms with Gasteiger partial charge in [-0.25, -0.2) is 4.39 Å². The second kappa shape index (κ2) is 3.72. The second-order valence-electron chi connectivity index (χ2n) is 2.52. The van der Waals surface area contributed by atoms with Crippen molar-refractivity contribution in [1.82, 2.24) is 0 Å². The highest BCUT2D eigenvalue weighted by Crippen LogP contribution is 2.09. The fourth-order valence-corrected chi connectivity index (χ4v) is 1.19. The van der Waals surface area contributed by atoms with E-state index < -0.39 is 0 Å². The third-order valence-corrected chi connectivity index (χ3v) is 1.79. The molecule has 11 heavy (non-hydrogen) atoms. The lowest BCUT2D eigenvalue weighted by molar-refractivity contribution is 0.617. The molecule has 0 saturated heterocycles. The molecule has 0 fully saturated rings. The van der Waals surface area contributed by atoms with E-state index >= 15 is 0 Å². The van der Waals surface area contributed by atoms with Crippen LogP contribution in [0, 0.1) is 12.7 Å². The molecule has 0 nitrogen and oxygen atoms in total. The van der Waals surface area contributed by atoms with Crippen LogP contribution < -0.4 is 0 Å². The molecule has 0 aliphatic rings. The first kappa shape index (κ1) is 8.54.